The van der Waals surface area contributed by atoms with Gasteiger partial charge in [0.1, 0.15) is 0 Å². The average molecular weight is 300 g/mol. The van der Waals surface area contributed by atoms with E-state index in [0.29, 0.717) is 6.54 Å². The number of ether oxygens (including phenoxy) is 1. The Morgan fingerprint density at radius 1 is 1.43 bits per heavy atom. The molecule has 21 heavy (non-hydrogen) atoms. The highest BCUT2D eigenvalue weighted by Crippen LogP contribution is 2.51. The van der Waals surface area contributed by atoms with Gasteiger partial charge in [-0.15, -0.1) is 0 Å². The molecule has 1 aliphatic rings. The van der Waals surface area contributed by atoms with E-state index < -0.39 is 5.60 Å². The van der Waals surface area contributed by atoms with Crippen molar-refractivity contribution in [1.29, 1.82) is 0 Å². The SMILES string of the molecule is CO[C@@]1(C)C[C@H](NC(=O)N(CC(C)(C)O)C(C)C)C1(C)C. The molecular weight excluding hydrogens is 268 g/mol. The summed E-state index contributed by atoms with van der Waals surface area (Å²) < 4.78 is 5.58. The normalized spacial score (nSPS) is 28.2. The van der Waals surface area contributed by atoms with Crippen LogP contribution >= 0.6 is 0 Å². The number of hydrogen-bond donors (Lipinski definition) is 2. The van der Waals surface area contributed by atoms with Gasteiger partial charge in [0.05, 0.1) is 17.7 Å². The number of carbonyl (C=O) groups is 1. The van der Waals surface area contributed by atoms with Gasteiger partial charge < -0.3 is 20.1 Å². The van der Waals surface area contributed by atoms with Crippen LogP contribution in [0.1, 0.15) is 54.9 Å². The van der Waals surface area contributed by atoms with Crippen LogP contribution in [0.5, 0.6) is 0 Å². The van der Waals surface area contributed by atoms with Crippen LogP contribution in [0.4, 0.5) is 4.79 Å². The average Bonchev–Trinajstić information content (AvgIpc) is 2.33. The van der Waals surface area contributed by atoms with E-state index in [2.05, 4.69) is 26.1 Å². The molecule has 5 nitrogen and oxygen atoms in total. The van der Waals surface area contributed by atoms with Crippen molar-refractivity contribution in [2.24, 2.45) is 5.41 Å². The van der Waals surface area contributed by atoms with Crippen LogP contribution in [0, 0.1) is 5.41 Å². The second kappa shape index (κ2) is 5.76. The lowest BCUT2D eigenvalue weighted by Crippen LogP contribution is -2.70. The third-order valence-electron chi connectivity index (χ3n) is 5.02. The van der Waals surface area contributed by atoms with Crippen molar-refractivity contribution in [2.45, 2.75) is 78.2 Å². The molecule has 0 unspecified atom stereocenters. The van der Waals surface area contributed by atoms with E-state index in [1.54, 1.807) is 25.9 Å². The minimum absolute atomic E-state index is 0.0356. The van der Waals surface area contributed by atoms with Crippen molar-refractivity contribution < 1.29 is 14.6 Å². The molecule has 0 heterocycles. The molecule has 2 N–H and O–H groups in total. The Kier molecular flexibility index (Phi) is 5.01. The minimum atomic E-state index is -0.905. The Bertz CT molecular complexity index is 387. The fourth-order valence-corrected chi connectivity index (χ4v) is 2.86. The van der Waals surface area contributed by atoms with Crippen LogP contribution in [0.15, 0.2) is 0 Å². The lowest BCUT2D eigenvalue weighted by molar-refractivity contribution is -0.178. The molecule has 1 aliphatic carbocycles. The van der Waals surface area contributed by atoms with Gasteiger partial charge in [-0.3, -0.25) is 0 Å². The zero-order chi connectivity index (χ0) is 16.6. The van der Waals surface area contributed by atoms with Crippen molar-refractivity contribution in [3.63, 3.8) is 0 Å². The van der Waals surface area contributed by atoms with Crippen molar-refractivity contribution >= 4 is 6.03 Å². The topological polar surface area (TPSA) is 61.8 Å². The van der Waals surface area contributed by atoms with E-state index in [4.69, 9.17) is 4.74 Å². The van der Waals surface area contributed by atoms with E-state index in [9.17, 15) is 9.90 Å². The molecule has 0 bridgehead atoms. The van der Waals surface area contributed by atoms with E-state index in [0.717, 1.165) is 6.42 Å². The van der Waals surface area contributed by atoms with Gasteiger partial charge in [-0.1, -0.05) is 13.8 Å². The molecule has 0 aromatic carbocycles. The van der Waals surface area contributed by atoms with Gasteiger partial charge >= 0.3 is 6.03 Å². The summed E-state index contributed by atoms with van der Waals surface area (Å²) in [7, 11) is 1.72. The lowest BCUT2D eigenvalue weighted by atomic mass is 9.56. The molecule has 1 rings (SSSR count). The molecule has 0 saturated heterocycles. The Morgan fingerprint density at radius 3 is 2.29 bits per heavy atom. The molecule has 1 saturated carbocycles. The summed E-state index contributed by atoms with van der Waals surface area (Å²) in [5.41, 5.74) is -1.23. The van der Waals surface area contributed by atoms with Crippen LogP contribution in [0.2, 0.25) is 0 Å². The fourth-order valence-electron chi connectivity index (χ4n) is 2.86. The third kappa shape index (κ3) is 3.69. The largest absolute Gasteiger partial charge is 0.389 e. The fraction of sp³-hybridized carbons (Fsp3) is 0.938. The highest BCUT2D eigenvalue weighted by molar-refractivity contribution is 5.75. The zero-order valence-corrected chi connectivity index (χ0v) is 14.8. The van der Waals surface area contributed by atoms with Gasteiger partial charge in [-0.2, -0.15) is 0 Å². The van der Waals surface area contributed by atoms with Crippen LogP contribution < -0.4 is 5.32 Å². The van der Waals surface area contributed by atoms with Gasteiger partial charge in [-0.05, 0) is 41.0 Å². The number of rotatable bonds is 5. The molecule has 0 aromatic rings. The van der Waals surface area contributed by atoms with Crippen molar-refractivity contribution in [3.8, 4) is 0 Å². The quantitative estimate of drug-likeness (QED) is 0.819. The summed E-state index contributed by atoms with van der Waals surface area (Å²) in [6.07, 6.45) is 0.802. The molecule has 0 spiro atoms. The Hall–Kier alpha value is -0.810. The lowest BCUT2D eigenvalue weighted by Gasteiger charge is -2.59. The molecule has 1 fully saturated rings. The maximum absolute atomic E-state index is 12.5. The summed E-state index contributed by atoms with van der Waals surface area (Å²) >= 11 is 0. The number of nitrogens with zero attached hydrogens (tertiary/aromatic N) is 1. The first kappa shape index (κ1) is 18.2. The summed E-state index contributed by atoms with van der Waals surface area (Å²) in [5, 5.41) is 13.1. The first-order chi connectivity index (χ1) is 9.34. The highest BCUT2D eigenvalue weighted by Gasteiger charge is 2.58. The second-order valence-corrected chi connectivity index (χ2v) is 7.90. The molecule has 5 heteroatoms. The zero-order valence-electron chi connectivity index (χ0n) is 14.8. The Labute approximate surface area is 129 Å². The summed E-state index contributed by atoms with van der Waals surface area (Å²) in [5.74, 6) is 0. The number of urea groups is 1. The number of aliphatic hydroxyl groups is 1. The standard InChI is InChI=1S/C16H32N2O3/c1-11(2)18(10-14(3,4)20)13(19)17-12-9-16(7,21-8)15(12,5)6/h11-12,20H,9-10H2,1-8H3,(H,17,19)/t12-,16-/m0/s1. The van der Waals surface area contributed by atoms with Gasteiger partial charge in [0.15, 0.2) is 0 Å². The van der Waals surface area contributed by atoms with E-state index in [1.165, 1.54) is 0 Å². The predicted molar refractivity (Wildman–Crippen MR) is 84.3 cm³/mol. The first-order valence-electron chi connectivity index (χ1n) is 7.69. The first-order valence-corrected chi connectivity index (χ1v) is 7.69. The van der Waals surface area contributed by atoms with E-state index in [1.807, 2.05) is 13.8 Å². The molecule has 2 amide bonds. The molecule has 124 valence electrons. The summed E-state index contributed by atoms with van der Waals surface area (Å²) in [6.45, 7) is 13.9. The number of amides is 2. The molecule has 0 aliphatic heterocycles. The summed E-state index contributed by atoms with van der Waals surface area (Å²) in [4.78, 5) is 14.2. The maximum Gasteiger partial charge on any atom is 0.317 e. The van der Waals surface area contributed by atoms with E-state index in [-0.39, 0.29) is 29.1 Å². The number of methoxy groups -OCH3 is 1. The number of nitrogens with one attached hydrogen (secondary N) is 1. The van der Waals surface area contributed by atoms with Gasteiger partial charge in [0.2, 0.25) is 0 Å². The van der Waals surface area contributed by atoms with Crippen molar-refractivity contribution in [3.05, 3.63) is 0 Å². The van der Waals surface area contributed by atoms with Gasteiger partial charge in [-0.25, -0.2) is 4.79 Å². The number of hydrogen-bond acceptors (Lipinski definition) is 3. The monoisotopic (exact) mass is 300 g/mol. The van der Waals surface area contributed by atoms with E-state index >= 15 is 0 Å². The Morgan fingerprint density at radius 2 is 1.95 bits per heavy atom. The van der Waals surface area contributed by atoms with Gasteiger partial charge in [0, 0.05) is 24.6 Å². The maximum atomic E-state index is 12.5. The molecular formula is C16H32N2O3. The van der Waals surface area contributed by atoms with Crippen LogP contribution in [-0.2, 0) is 4.74 Å². The van der Waals surface area contributed by atoms with Crippen molar-refractivity contribution in [1.82, 2.24) is 10.2 Å². The minimum Gasteiger partial charge on any atom is -0.389 e. The molecule has 0 radical (unpaired) electrons. The van der Waals surface area contributed by atoms with Crippen LogP contribution in [0.3, 0.4) is 0 Å². The molecule has 2 atom stereocenters. The van der Waals surface area contributed by atoms with Gasteiger partial charge in [0.25, 0.3) is 0 Å². The van der Waals surface area contributed by atoms with Crippen LogP contribution in [0.25, 0.3) is 0 Å². The number of carbonyl (C=O) groups excluding carboxylic acids is 1. The predicted octanol–water partition coefficient (Wildman–Crippen LogP) is 2.38. The smallest absolute Gasteiger partial charge is 0.317 e. The highest BCUT2D eigenvalue weighted by atomic mass is 16.5. The summed E-state index contributed by atoms with van der Waals surface area (Å²) in [6, 6.07) is -0.00483. The second-order valence-electron chi connectivity index (χ2n) is 7.90. The third-order valence-corrected chi connectivity index (χ3v) is 5.02. The Balaban J connectivity index is 2.72. The van der Waals surface area contributed by atoms with Crippen molar-refractivity contribution in [2.75, 3.05) is 13.7 Å². The van der Waals surface area contributed by atoms with Crippen LogP contribution in [-0.4, -0.2) is 53.0 Å². The molecule has 0 aromatic heterocycles.